The highest BCUT2D eigenvalue weighted by Crippen LogP contribution is 2.39. The zero-order valence-electron chi connectivity index (χ0n) is 16.4. The summed E-state index contributed by atoms with van der Waals surface area (Å²) < 4.78 is 42.7. The summed E-state index contributed by atoms with van der Waals surface area (Å²) in [4.78, 5) is 15.0. The van der Waals surface area contributed by atoms with E-state index < -0.39 is 17.4 Å². The second-order valence-corrected chi connectivity index (χ2v) is 9.47. The van der Waals surface area contributed by atoms with E-state index in [1.165, 1.54) is 23.0 Å². The largest absolute Gasteiger partial charge is 0.418 e. The first-order chi connectivity index (χ1) is 13.8. The van der Waals surface area contributed by atoms with Gasteiger partial charge in [-0.2, -0.15) is 13.2 Å². The number of imidazole rings is 1. The smallest absolute Gasteiger partial charge is 0.295 e. The molecular weight excluding hydrogens is 403 g/mol. The first-order valence-electron chi connectivity index (χ1n) is 9.89. The molecule has 4 atom stereocenters. The van der Waals surface area contributed by atoms with Crippen LogP contribution in [-0.2, 0) is 6.18 Å². The summed E-state index contributed by atoms with van der Waals surface area (Å²) in [6.45, 7) is 2.98. The highest BCUT2D eigenvalue weighted by atomic mass is 32.2. The zero-order valence-corrected chi connectivity index (χ0v) is 17.3. The highest BCUT2D eigenvalue weighted by Gasteiger charge is 2.35. The fraction of sp³-hybridized carbons (Fsp3) is 0.632. The van der Waals surface area contributed by atoms with Gasteiger partial charge in [-0.3, -0.25) is 13.9 Å². The Morgan fingerprint density at radius 2 is 2.10 bits per heavy atom. The second-order valence-electron chi connectivity index (χ2n) is 8.00. The number of nitrogens with one attached hydrogen (secondary N) is 2. The van der Waals surface area contributed by atoms with Crippen molar-refractivity contribution >= 4 is 17.3 Å². The minimum atomic E-state index is -4.49. The van der Waals surface area contributed by atoms with Crippen LogP contribution in [0.3, 0.4) is 0 Å². The van der Waals surface area contributed by atoms with Crippen LogP contribution in [-0.4, -0.2) is 38.3 Å². The molecule has 1 saturated heterocycles. The maximum Gasteiger partial charge on any atom is 0.418 e. The number of pyridine rings is 1. The van der Waals surface area contributed by atoms with Crippen LogP contribution in [0.2, 0.25) is 0 Å². The third kappa shape index (κ3) is 4.08. The van der Waals surface area contributed by atoms with Gasteiger partial charge in [0.1, 0.15) is 5.50 Å². The molecule has 6 nitrogen and oxygen atoms in total. The van der Waals surface area contributed by atoms with Crippen molar-refractivity contribution in [2.45, 2.75) is 55.6 Å². The number of alkyl halides is 3. The molecular formula is C19H26F3N5OS. The molecule has 29 heavy (non-hydrogen) atoms. The molecule has 2 aliphatic rings. The number of aromatic nitrogens is 2. The maximum absolute atomic E-state index is 13.4. The molecule has 3 heterocycles. The molecule has 10 heteroatoms. The quantitative estimate of drug-likeness (QED) is 0.782. The van der Waals surface area contributed by atoms with Crippen LogP contribution >= 0.6 is 11.8 Å². The van der Waals surface area contributed by atoms with E-state index in [4.69, 9.17) is 0 Å². The van der Waals surface area contributed by atoms with Crippen molar-refractivity contribution in [3.05, 3.63) is 40.6 Å². The summed E-state index contributed by atoms with van der Waals surface area (Å²) in [6, 6.07) is 2.24. The van der Waals surface area contributed by atoms with Gasteiger partial charge in [-0.15, -0.1) is 11.8 Å². The van der Waals surface area contributed by atoms with Gasteiger partial charge in [0, 0.05) is 23.7 Å². The summed E-state index contributed by atoms with van der Waals surface area (Å²) in [5.74, 6) is 0.409. The van der Waals surface area contributed by atoms with Crippen molar-refractivity contribution in [3.63, 3.8) is 0 Å². The molecule has 4 rings (SSSR count). The number of hydrogen-bond acceptors (Lipinski definition) is 5. The average Bonchev–Trinajstić information content (AvgIpc) is 3.24. The van der Waals surface area contributed by atoms with Gasteiger partial charge in [0.15, 0.2) is 0 Å². The van der Waals surface area contributed by atoms with E-state index in [1.54, 1.807) is 0 Å². The molecule has 0 amide bonds. The van der Waals surface area contributed by atoms with E-state index in [9.17, 15) is 18.0 Å². The van der Waals surface area contributed by atoms with Gasteiger partial charge in [-0.1, -0.05) is 13.3 Å². The number of nitrogens with zero attached hydrogens (tertiary/aromatic N) is 3. The number of fused-ring (bicyclic) bond motifs is 1. The van der Waals surface area contributed by atoms with E-state index in [2.05, 4.69) is 22.7 Å². The Morgan fingerprint density at radius 1 is 1.31 bits per heavy atom. The molecule has 0 radical (unpaired) electrons. The first-order valence-corrected chi connectivity index (χ1v) is 10.8. The van der Waals surface area contributed by atoms with Crippen molar-refractivity contribution in [2.75, 3.05) is 13.7 Å². The molecule has 0 spiro atoms. The second kappa shape index (κ2) is 7.98. The molecule has 1 aliphatic carbocycles. The van der Waals surface area contributed by atoms with Crippen LogP contribution in [0.4, 0.5) is 13.2 Å². The van der Waals surface area contributed by atoms with Gasteiger partial charge < -0.3 is 0 Å². The van der Waals surface area contributed by atoms with E-state index >= 15 is 0 Å². The van der Waals surface area contributed by atoms with Crippen LogP contribution in [0.5, 0.6) is 0 Å². The minimum Gasteiger partial charge on any atom is -0.295 e. The van der Waals surface area contributed by atoms with Crippen molar-refractivity contribution in [3.8, 4) is 0 Å². The lowest BCUT2D eigenvalue weighted by Gasteiger charge is -2.34. The molecule has 1 saturated carbocycles. The standard InChI is InChI=1S/C19H26F3N5OS/c1-12(29-17-24-23-11-25(17)2)13-5-3-6-14(9-13)27-10-16-15(19(20,21)22)7-4-8-26(16)18(27)28/h4,7-8,10,12-14,17,23-24H,3,5-6,9,11H2,1-2H3/t12-,13?,14?,17?/m0/s1. The van der Waals surface area contributed by atoms with Gasteiger partial charge in [0.05, 0.1) is 17.7 Å². The maximum atomic E-state index is 13.4. The van der Waals surface area contributed by atoms with E-state index in [0.717, 1.165) is 42.8 Å². The van der Waals surface area contributed by atoms with Gasteiger partial charge in [-0.05, 0) is 44.4 Å². The molecule has 3 unspecified atom stereocenters. The summed E-state index contributed by atoms with van der Waals surface area (Å²) in [5, 5.41) is 0.371. The minimum absolute atomic E-state index is 0.0716. The Hall–Kier alpha value is -1.49. The molecule has 1 aliphatic heterocycles. The summed E-state index contributed by atoms with van der Waals surface area (Å²) in [6.07, 6.45) is 1.98. The SMILES string of the molecule is C[C@H](SC1NNCN1C)C1CCCC(n2cc3c(C(F)(F)F)cccn3c2=O)C1. The molecule has 2 aromatic heterocycles. The van der Waals surface area contributed by atoms with Crippen LogP contribution in [0, 0.1) is 5.92 Å². The average molecular weight is 430 g/mol. The number of hydrogen-bond donors (Lipinski definition) is 2. The van der Waals surface area contributed by atoms with Gasteiger partial charge in [-0.25, -0.2) is 15.6 Å². The number of halogens is 3. The van der Waals surface area contributed by atoms with Crippen LogP contribution in [0.25, 0.3) is 5.52 Å². The predicted octanol–water partition coefficient (Wildman–Crippen LogP) is 3.25. The summed E-state index contributed by atoms with van der Waals surface area (Å²) in [7, 11) is 2.05. The lowest BCUT2D eigenvalue weighted by molar-refractivity contribution is -0.136. The van der Waals surface area contributed by atoms with Crippen LogP contribution in [0.1, 0.15) is 44.2 Å². The Balaban J connectivity index is 1.56. The van der Waals surface area contributed by atoms with Gasteiger partial charge in [0.2, 0.25) is 0 Å². The van der Waals surface area contributed by atoms with E-state index in [-0.39, 0.29) is 17.1 Å². The third-order valence-corrected chi connectivity index (χ3v) is 7.62. The van der Waals surface area contributed by atoms with E-state index in [0.29, 0.717) is 11.2 Å². The lowest BCUT2D eigenvalue weighted by atomic mass is 9.84. The van der Waals surface area contributed by atoms with Crippen molar-refractivity contribution in [2.24, 2.45) is 5.92 Å². The molecule has 2 aromatic rings. The van der Waals surface area contributed by atoms with Crippen LogP contribution < -0.4 is 16.5 Å². The molecule has 2 N–H and O–H groups in total. The fourth-order valence-corrected chi connectivity index (χ4v) is 5.72. The predicted molar refractivity (Wildman–Crippen MR) is 107 cm³/mol. The monoisotopic (exact) mass is 429 g/mol. The molecule has 160 valence electrons. The Bertz CT molecular complexity index is 927. The molecule has 0 bridgehead atoms. The third-order valence-electron chi connectivity index (χ3n) is 6.07. The van der Waals surface area contributed by atoms with Crippen molar-refractivity contribution in [1.82, 2.24) is 24.7 Å². The first kappa shape index (κ1) is 20.8. The number of rotatable bonds is 4. The van der Waals surface area contributed by atoms with Crippen molar-refractivity contribution in [1.29, 1.82) is 0 Å². The molecule has 2 fully saturated rings. The zero-order chi connectivity index (χ0) is 20.8. The lowest BCUT2D eigenvalue weighted by Crippen LogP contribution is -2.36. The summed E-state index contributed by atoms with van der Waals surface area (Å²) >= 11 is 1.85. The van der Waals surface area contributed by atoms with Crippen molar-refractivity contribution < 1.29 is 13.2 Å². The van der Waals surface area contributed by atoms with Gasteiger partial charge in [0.25, 0.3) is 0 Å². The topological polar surface area (TPSA) is 53.7 Å². The summed E-state index contributed by atoms with van der Waals surface area (Å²) in [5.41, 5.74) is 5.32. The number of hydrazine groups is 1. The number of thioether (sulfide) groups is 1. The fourth-order valence-electron chi connectivity index (χ4n) is 4.41. The Kier molecular flexibility index (Phi) is 5.71. The van der Waals surface area contributed by atoms with E-state index in [1.807, 2.05) is 18.8 Å². The van der Waals surface area contributed by atoms with Gasteiger partial charge >= 0.3 is 11.9 Å². The highest BCUT2D eigenvalue weighted by molar-refractivity contribution is 8.00. The van der Waals surface area contributed by atoms with Crippen LogP contribution in [0.15, 0.2) is 29.3 Å². The molecule has 0 aromatic carbocycles. The normalized spacial score (nSPS) is 27.6. The Labute approximate surface area is 171 Å². The Morgan fingerprint density at radius 3 is 2.79 bits per heavy atom.